The van der Waals surface area contributed by atoms with E-state index in [9.17, 15) is 9.59 Å². The maximum absolute atomic E-state index is 11.9. The van der Waals surface area contributed by atoms with Gasteiger partial charge >= 0.3 is 11.9 Å². The lowest BCUT2D eigenvalue weighted by Crippen LogP contribution is -2.13. The lowest BCUT2D eigenvalue weighted by atomic mass is 10.2. The lowest BCUT2D eigenvalue weighted by Gasteiger charge is -2.08. The zero-order chi connectivity index (χ0) is 16.8. The lowest BCUT2D eigenvalue weighted by molar-refractivity contribution is -0.135. The topological polar surface area (TPSA) is 61.8 Å². The fourth-order valence-electron chi connectivity index (χ4n) is 2.07. The Kier molecular flexibility index (Phi) is 5.11. The van der Waals surface area contributed by atoms with Crippen LogP contribution in [0.5, 0.6) is 11.5 Å². The summed E-state index contributed by atoms with van der Waals surface area (Å²) in [5.74, 6) is 0.570. The van der Waals surface area contributed by atoms with Gasteiger partial charge < -0.3 is 14.2 Å². The summed E-state index contributed by atoms with van der Waals surface area (Å²) in [6, 6.07) is 15.7. The Labute approximate surface area is 140 Å². The highest BCUT2D eigenvalue weighted by Gasteiger charge is 2.31. The van der Waals surface area contributed by atoms with Crippen molar-refractivity contribution in [2.45, 2.75) is 12.8 Å². The van der Waals surface area contributed by atoms with Crippen LogP contribution >= 0.6 is 0 Å². The molecule has 0 bridgehead atoms. The summed E-state index contributed by atoms with van der Waals surface area (Å²) in [6.45, 7) is 0.443. The van der Waals surface area contributed by atoms with Gasteiger partial charge in [0.1, 0.15) is 24.7 Å². The first-order valence-corrected chi connectivity index (χ1v) is 7.89. The van der Waals surface area contributed by atoms with Crippen molar-refractivity contribution in [3.63, 3.8) is 0 Å². The van der Waals surface area contributed by atoms with Gasteiger partial charge in [-0.25, -0.2) is 4.79 Å². The van der Waals surface area contributed by atoms with Crippen molar-refractivity contribution in [2.75, 3.05) is 13.2 Å². The van der Waals surface area contributed by atoms with Crippen LogP contribution in [0.15, 0.2) is 54.6 Å². The number of esters is 2. The minimum Gasteiger partial charge on any atom is -0.490 e. The first kappa shape index (κ1) is 16.1. The van der Waals surface area contributed by atoms with Gasteiger partial charge in [-0.15, -0.1) is 0 Å². The SMILES string of the molecule is O=C(OCCOc1ccccc1)c1ccc(OC(=O)C2CC2)cc1. The Morgan fingerprint density at radius 2 is 1.58 bits per heavy atom. The first-order chi connectivity index (χ1) is 11.7. The summed E-state index contributed by atoms with van der Waals surface area (Å²) in [4.78, 5) is 23.5. The molecule has 5 heteroatoms. The Morgan fingerprint density at radius 1 is 0.875 bits per heavy atom. The molecule has 1 aliphatic carbocycles. The predicted molar refractivity (Wildman–Crippen MR) is 87.0 cm³/mol. The normalized spacial score (nSPS) is 13.2. The molecule has 5 nitrogen and oxygen atoms in total. The van der Waals surface area contributed by atoms with Crippen molar-refractivity contribution >= 4 is 11.9 Å². The van der Waals surface area contributed by atoms with Crippen molar-refractivity contribution in [3.05, 3.63) is 60.2 Å². The van der Waals surface area contributed by atoms with E-state index in [-0.39, 0.29) is 25.1 Å². The van der Waals surface area contributed by atoms with E-state index in [0.29, 0.717) is 11.3 Å². The van der Waals surface area contributed by atoms with Gasteiger partial charge in [-0.3, -0.25) is 4.79 Å². The highest BCUT2D eigenvalue weighted by molar-refractivity contribution is 5.89. The van der Waals surface area contributed by atoms with E-state index in [1.54, 1.807) is 24.3 Å². The van der Waals surface area contributed by atoms with Gasteiger partial charge in [0.15, 0.2) is 0 Å². The average molecular weight is 326 g/mol. The molecule has 0 heterocycles. The average Bonchev–Trinajstić information content (AvgIpc) is 3.45. The van der Waals surface area contributed by atoms with E-state index in [2.05, 4.69) is 0 Å². The zero-order valence-electron chi connectivity index (χ0n) is 13.1. The minimum atomic E-state index is -0.438. The van der Waals surface area contributed by atoms with Crippen molar-refractivity contribution in [2.24, 2.45) is 5.92 Å². The molecule has 0 unspecified atom stereocenters. The van der Waals surface area contributed by atoms with E-state index in [1.165, 1.54) is 0 Å². The Morgan fingerprint density at radius 3 is 2.25 bits per heavy atom. The molecule has 0 radical (unpaired) electrons. The molecule has 24 heavy (non-hydrogen) atoms. The molecule has 124 valence electrons. The molecular formula is C19H18O5. The summed E-state index contributed by atoms with van der Waals surface area (Å²) >= 11 is 0. The van der Waals surface area contributed by atoms with Crippen molar-refractivity contribution in [1.82, 2.24) is 0 Å². The molecule has 0 atom stereocenters. The van der Waals surface area contributed by atoms with Crippen LogP contribution in [-0.2, 0) is 9.53 Å². The second-order valence-electron chi connectivity index (χ2n) is 5.52. The number of ether oxygens (including phenoxy) is 3. The molecule has 0 amide bonds. The summed E-state index contributed by atoms with van der Waals surface area (Å²) < 4.78 is 15.8. The van der Waals surface area contributed by atoms with Crippen molar-refractivity contribution in [3.8, 4) is 11.5 Å². The maximum atomic E-state index is 11.9. The molecule has 1 fully saturated rings. The third-order valence-electron chi connectivity index (χ3n) is 3.55. The van der Waals surface area contributed by atoms with Crippen LogP contribution < -0.4 is 9.47 Å². The Hall–Kier alpha value is -2.82. The number of para-hydroxylation sites is 1. The van der Waals surface area contributed by atoms with E-state index < -0.39 is 5.97 Å². The van der Waals surface area contributed by atoms with Crippen LogP contribution in [0.3, 0.4) is 0 Å². The van der Waals surface area contributed by atoms with Crippen LogP contribution in [0.4, 0.5) is 0 Å². The number of hydrogen-bond donors (Lipinski definition) is 0. The highest BCUT2D eigenvalue weighted by Crippen LogP contribution is 2.30. The van der Waals surface area contributed by atoms with Crippen molar-refractivity contribution < 1.29 is 23.8 Å². The predicted octanol–water partition coefficient (Wildman–Crippen LogP) is 3.24. The van der Waals surface area contributed by atoms with Gasteiger partial charge in [0.25, 0.3) is 0 Å². The summed E-state index contributed by atoms with van der Waals surface area (Å²) in [7, 11) is 0. The summed E-state index contributed by atoms with van der Waals surface area (Å²) in [6.07, 6.45) is 1.79. The molecule has 0 N–H and O–H groups in total. The minimum absolute atomic E-state index is 0.0410. The second kappa shape index (κ2) is 7.64. The number of carbonyl (C=O) groups excluding carboxylic acids is 2. The number of rotatable bonds is 7. The van der Waals surface area contributed by atoms with Gasteiger partial charge in [-0.2, -0.15) is 0 Å². The molecule has 0 spiro atoms. The van der Waals surface area contributed by atoms with Crippen LogP contribution in [-0.4, -0.2) is 25.2 Å². The third kappa shape index (κ3) is 4.59. The van der Waals surface area contributed by atoms with E-state index in [1.807, 2.05) is 30.3 Å². The number of benzene rings is 2. The van der Waals surface area contributed by atoms with Gasteiger partial charge in [0.2, 0.25) is 0 Å². The van der Waals surface area contributed by atoms with E-state index in [0.717, 1.165) is 18.6 Å². The molecule has 2 aromatic rings. The van der Waals surface area contributed by atoms with Gasteiger partial charge in [-0.1, -0.05) is 18.2 Å². The molecule has 0 aliphatic heterocycles. The van der Waals surface area contributed by atoms with Gasteiger partial charge in [0, 0.05) is 0 Å². The molecule has 0 aromatic heterocycles. The third-order valence-corrected chi connectivity index (χ3v) is 3.55. The van der Waals surface area contributed by atoms with Gasteiger partial charge in [0.05, 0.1) is 11.5 Å². The molecule has 0 saturated heterocycles. The van der Waals surface area contributed by atoms with Crippen molar-refractivity contribution in [1.29, 1.82) is 0 Å². The standard InChI is InChI=1S/C19H18O5/c20-18(23-13-12-22-16-4-2-1-3-5-16)14-8-10-17(11-9-14)24-19(21)15-6-7-15/h1-5,8-11,15H,6-7,12-13H2. The largest absolute Gasteiger partial charge is 0.490 e. The fourth-order valence-corrected chi connectivity index (χ4v) is 2.07. The van der Waals surface area contributed by atoms with Crippen LogP contribution in [0.2, 0.25) is 0 Å². The monoisotopic (exact) mass is 326 g/mol. The highest BCUT2D eigenvalue weighted by atomic mass is 16.6. The molecule has 1 saturated carbocycles. The van der Waals surface area contributed by atoms with Gasteiger partial charge in [-0.05, 0) is 49.2 Å². The number of carbonyl (C=O) groups is 2. The first-order valence-electron chi connectivity index (χ1n) is 7.89. The maximum Gasteiger partial charge on any atom is 0.338 e. The molecule has 1 aliphatic rings. The molecular weight excluding hydrogens is 308 g/mol. The quantitative estimate of drug-likeness (QED) is 0.444. The number of hydrogen-bond acceptors (Lipinski definition) is 5. The summed E-state index contributed by atoms with van der Waals surface area (Å²) in [5.41, 5.74) is 0.404. The zero-order valence-corrected chi connectivity index (χ0v) is 13.1. The van der Waals surface area contributed by atoms with E-state index in [4.69, 9.17) is 14.2 Å². The summed E-state index contributed by atoms with van der Waals surface area (Å²) in [5, 5.41) is 0. The molecule has 2 aromatic carbocycles. The Bertz CT molecular complexity index is 689. The van der Waals surface area contributed by atoms with Crippen LogP contribution in [0.1, 0.15) is 23.2 Å². The van der Waals surface area contributed by atoms with Crippen LogP contribution in [0, 0.1) is 5.92 Å². The molecule has 3 rings (SSSR count). The van der Waals surface area contributed by atoms with E-state index >= 15 is 0 Å². The second-order valence-corrected chi connectivity index (χ2v) is 5.52. The Balaban J connectivity index is 1.42. The smallest absolute Gasteiger partial charge is 0.338 e. The fraction of sp³-hybridized carbons (Fsp3) is 0.263. The van der Waals surface area contributed by atoms with Crippen LogP contribution in [0.25, 0.3) is 0 Å².